The summed E-state index contributed by atoms with van der Waals surface area (Å²) in [5, 5.41) is 3.23. The summed E-state index contributed by atoms with van der Waals surface area (Å²) in [7, 11) is -1.93. The van der Waals surface area contributed by atoms with Gasteiger partial charge in [-0.2, -0.15) is 0 Å². The minimum atomic E-state index is -3.72. The van der Waals surface area contributed by atoms with Gasteiger partial charge in [0.1, 0.15) is 4.90 Å². The van der Waals surface area contributed by atoms with Crippen molar-refractivity contribution in [1.82, 2.24) is 10.0 Å². The largest absolute Gasteiger partial charge is 0.320 e. The van der Waals surface area contributed by atoms with E-state index in [1.807, 2.05) is 0 Å². The third-order valence-corrected chi connectivity index (χ3v) is 4.73. The van der Waals surface area contributed by atoms with Crippen molar-refractivity contribution in [2.45, 2.75) is 11.3 Å². The number of halogens is 3. The Balaban J connectivity index is 2.92. The van der Waals surface area contributed by atoms with Gasteiger partial charge in [-0.3, -0.25) is 0 Å². The highest BCUT2D eigenvalue weighted by molar-refractivity contribution is 7.89. The molecule has 4 nitrogen and oxygen atoms in total. The molecule has 0 amide bonds. The number of hydrogen-bond donors (Lipinski definition) is 2. The summed E-state index contributed by atoms with van der Waals surface area (Å²) < 4.78 is 26.4. The van der Waals surface area contributed by atoms with E-state index in [9.17, 15) is 8.42 Å². The third-order valence-electron chi connectivity index (χ3n) is 2.13. The number of nitrogens with one attached hydrogen (secondary N) is 2. The molecular formula is C10H13Cl3N2O2S. The first-order valence-electron chi connectivity index (χ1n) is 5.17. The van der Waals surface area contributed by atoms with E-state index in [2.05, 4.69) is 10.0 Å². The van der Waals surface area contributed by atoms with E-state index >= 15 is 0 Å². The van der Waals surface area contributed by atoms with Gasteiger partial charge in [-0.05, 0) is 32.1 Å². The fourth-order valence-electron chi connectivity index (χ4n) is 1.33. The van der Waals surface area contributed by atoms with Gasteiger partial charge in [0.05, 0.1) is 10.0 Å². The fourth-order valence-corrected chi connectivity index (χ4v) is 3.94. The quantitative estimate of drug-likeness (QED) is 0.788. The Kier molecular flexibility index (Phi) is 6.17. The van der Waals surface area contributed by atoms with Gasteiger partial charge in [0.2, 0.25) is 10.0 Å². The number of hydrogen-bond acceptors (Lipinski definition) is 3. The van der Waals surface area contributed by atoms with Crippen molar-refractivity contribution < 1.29 is 8.42 Å². The number of sulfonamides is 1. The molecule has 0 atom stereocenters. The molecule has 1 rings (SSSR count). The maximum Gasteiger partial charge on any atom is 0.243 e. The predicted octanol–water partition coefficient (Wildman–Crippen LogP) is 2.53. The summed E-state index contributed by atoms with van der Waals surface area (Å²) in [6, 6.07) is 2.69. The van der Waals surface area contributed by atoms with E-state index in [0.29, 0.717) is 24.5 Å². The maximum absolute atomic E-state index is 12.0. The van der Waals surface area contributed by atoms with Crippen molar-refractivity contribution in [1.29, 1.82) is 0 Å². The first kappa shape index (κ1) is 16.0. The Hall–Kier alpha value is -0.0400. The molecule has 0 fully saturated rings. The molecule has 0 spiro atoms. The summed E-state index contributed by atoms with van der Waals surface area (Å²) in [4.78, 5) is -0.139. The van der Waals surface area contributed by atoms with Crippen molar-refractivity contribution in [2.75, 3.05) is 20.1 Å². The van der Waals surface area contributed by atoms with E-state index in [1.54, 1.807) is 7.05 Å². The minimum absolute atomic E-state index is 0.00798. The van der Waals surface area contributed by atoms with Crippen LogP contribution < -0.4 is 10.0 Å². The van der Waals surface area contributed by atoms with E-state index in [0.717, 1.165) is 0 Å². The Bertz CT molecular complexity index is 497. The molecule has 1 aromatic rings. The van der Waals surface area contributed by atoms with Gasteiger partial charge in [0.15, 0.2) is 0 Å². The lowest BCUT2D eigenvalue weighted by Crippen LogP contribution is -2.27. The molecule has 0 saturated carbocycles. The molecule has 0 heterocycles. The second-order valence-corrected chi connectivity index (χ2v) is 6.51. The molecular weight excluding hydrogens is 319 g/mol. The smallest absolute Gasteiger partial charge is 0.243 e. The summed E-state index contributed by atoms with van der Waals surface area (Å²) in [5.41, 5.74) is 0. The average molecular weight is 332 g/mol. The van der Waals surface area contributed by atoms with Crippen molar-refractivity contribution in [3.8, 4) is 0 Å². The molecule has 0 unspecified atom stereocenters. The van der Waals surface area contributed by atoms with Gasteiger partial charge in [-0.1, -0.05) is 34.8 Å². The Labute approximate surface area is 122 Å². The van der Waals surface area contributed by atoms with Crippen LogP contribution in [0.25, 0.3) is 0 Å². The lowest BCUT2D eigenvalue weighted by molar-refractivity contribution is 0.577. The zero-order chi connectivity index (χ0) is 13.8. The van der Waals surface area contributed by atoms with Crippen molar-refractivity contribution in [3.05, 3.63) is 27.2 Å². The summed E-state index contributed by atoms with van der Waals surface area (Å²) in [6.45, 7) is 1.02. The Morgan fingerprint density at radius 2 is 1.67 bits per heavy atom. The summed E-state index contributed by atoms with van der Waals surface area (Å²) in [6.07, 6.45) is 0.665. The topological polar surface area (TPSA) is 58.2 Å². The van der Waals surface area contributed by atoms with Crippen LogP contribution in [-0.2, 0) is 10.0 Å². The Morgan fingerprint density at radius 3 is 2.17 bits per heavy atom. The van der Waals surface area contributed by atoms with Gasteiger partial charge < -0.3 is 5.32 Å². The van der Waals surface area contributed by atoms with Gasteiger partial charge in [0.25, 0.3) is 0 Å². The second-order valence-electron chi connectivity index (χ2n) is 3.55. The molecule has 0 saturated heterocycles. The van der Waals surface area contributed by atoms with Crippen LogP contribution in [-0.4, -0.2) is 28.6 Å². The van der Waals surface area contributed by atoms with Gasteiger partial charge >= 0.3 is 0 Å². The van der Waals surface area contributed by atoms with Gasteiger partial charge in [-0.15, -0.1) is 0 Å². The van der Waals surface area contributed by atoms with Crippen LogP contribution in [0.4, 0.5) is 0 Å². The lowest BCUT2D eigenvalue weighted by atomic mass is 10.4. The van der Waals surface area contributed by atoms with Crippen molar-refractivity contribution in [3.63, 3.8) is 0 Å². The van der Waals surface area contributed by atoms with E-state index < -0.39 is 10.0 Å². The van der Waals surface area contributed by atoms with Gasteiger partial charge in [-0.25, -0.2) is 13.1 Å². The average Bonchev–Trinajstić information content (AvgIpc) is 2.22. The maximum atomic E-state index is 12.0. The first-order chi connectivity index (χ1) is 8.38. The minimum Gasteiger partial charge on any atom is -0.320 e. The van der Waals surface area contributed by atoms with Crippen LogP contribution in [0.2, 0.25) is 15.1 Å². The lowest BCUT2D eigenvalue weighted by Gasteiger charge is -2.10. The summed E-state index contributed by atoms with van der Waals surface area (Å²) >= 11 is 17.4. The number of rotatable bonds is 6. The molecule has 0 aliphatic carbocycles. The first-order valence-corrected chi connectivity index (χ1v) is 7.79. The fraction of sp³-hybridized carbons (Fsp3) is 0.400. The molecule has 0 aromatic heterocycles. The van der Waals surface area contributed by atoms with Crippen LogP contribution in [0, 0.1) is 0 Å². The molecule has 0 bridgehead atoms. The van der Waals surface area contributed by atoms with Crippen molar-refractivity contribution >= 4 is 44.8 Å². The molecule has 0 aliphatic rings. The normalized spacial score (nSPS) is 11.8. The molecule has 2 N–H and O–H groups in total. The SMILES string of the molecule is CNCCCNS(=O)(=O)c1c(Cl)cc(Cl)cc1Cl. The molecule has 0 radical (unpaired) electrons. The standard InChI is InChI=1S/C10H13Cl3N2O2S/c1-14-3-2-4-15-18(16,17)10-8(12)5-7(11)6-9(10)13/h5-6,14-15H,2-4H2,1H3. The molecule has 0 aliphatic heterocycles. The monoisotopic (exact) mass is 330 g/mol. The zero-order valence-corrected chi connectivity index (χ0v) is 12.7. The third kappa shape index (κ3) is 4.26. The molecule has 18 heavy (non-hydrogen) atoms. The van der Waals surface area contributed by atoms with E-state index in [-0.39, 0.29) is 14.9 Å². The van der Waals surface area contributed by atoms with Crippen LogP contribution in [0.3, 0.4) is 0 Å². The van der Waals surface area contributed by atoms with Crippen LogP contribution in [0.5, 0.6) is 0 Å². The van der Waals surface area contributed by atoms with Crippen molar-refractivity contribution in [2.24, 2.45) is 0 Å². The van der Waals surface area contributed by atoms with Crippen LogP contribution in [0.1, 0.15) is 6.42 Å². The number of benzene rings is 1. The highest BCUT2D eigenvalue weighted by atomic mass is 35.5. The Morgan fingerprint density at radius 1 is 1.11 bits per heavy atom. The van der Waals surface area contributed by atoms with E-state index in [4.69, 9.17) is 34.8 Å². The zero-order valence-electron chi connectivity index (χ0n) is 9.63. The molecule has 102 valence electrons. The predicted molar refractivity (Wildman–Crippen MR) is 75.2 cm³/mol. The second kappa shape index (κ2) is 6.93. The highest BCUT2D eigenvalue weighted by Gasteiger charge is 2.21. The van der Waals surface area contributed by atoms with Gasteiger partial charge in [0, 0.05) is 11.6 Å². The molecule has 8 heteroatoms. The van der Waals surface area contributed by atoms with Crippen LogP contribution in [0.15, 0.2) is 17.0 Å². The highest BCUT2D eigenvalue weighted by Crippen LogP contribution is 2.32. The summed E-state index contributed by atoms with van der Waals surface area (Å²) in [5.74, 6) is 0. The van der Waals surface area contributed by atoms with E-state index in [1.165, 1.54) is 12.1 Å². The van der Waals surface area contributed by atoms with Crippen LogP contribution >= 0.6 is 34.8 Å². The molecule has 1 aromatic carbocycles.